The van der Waals surface area contributed by atoms with E-state index in [1.807, 2.05) is 16.8 Å². The van der Waals surface area contributed by atoms with Crippen molar-refractivity contribution in [2.24, 2.45) is 0 Å². The van der Waals surface area contributed by atoms with Gasteiger partial charge in [0.15, 0.2) is 0 Å². The molecule has 5 nitrogen and oxygen atoms in total. The van der Waals surface area contributed by atoms with E-state index >= 15 is 0 Å². The SMILES string of the molecule is CC(=O)NCCNCc1cccc(-c2cc3ccncn3c2)c1. The van der Waals surface area contributed by atoms with Gasteiger partial charge < -0.3 is 15.0 Å². The number of nitrogens with one attached hydrogen (secondary N) is 2. The van der Waals surface area contributed by atoms with Gasteiger partial charge in [-0.2, -0.15) is 0 Å². The fourth-order valence-corrected chi connectivity index (χ4v) is 2.54. The first-order valence-corrected chi connectivity index (χ1v) is 7.68. The first-order chi connectivity index (χ1) is 11.2. The van der Waals surface area contributed by atoms with Crippen LogP contribution in [0.2, 0.25) is 0 Å². The van der Waals surface area contributed by atoms with Crippen molar-refractivity contribution in [3.05, 3.63) is 60.7 Å². The molecule has 2 N–H and O–H groups in total. The van der Waals surface area contributed by atoms with Gasteiger partial charge >= 0.3 is 0 Å². The third kappa shape index (κ3) is 3.96. The van der Waals surface area contributed by atoms with Crippen molar-refractivity contribution in [2.45, 2.75) is 13.5 Å². The maximum Gasteiger partial charge on any atom is 0.216 e. The Bertz CT molecular complexity index is 776. The minimum absolute atomic E-state index is 0.00376. The summed E-state index contributed by atoms with van der Waals surface area (Å²) in [6.07, 6.45) is 5.70. The number of rotatable bonds is 6. The molecule has 1 aromatic carbocycles. The topological polar surface area (TPSA) is 58.4 Å². The highest BCUT2D eigenvalue weighted by Gasteiger charge is 2.03. The van der Waals surface area contributed by atoms with E-state index in [1.54, 1.807) is 6.20 Å². The van der Waals surface area contributed by atoms with E-state index in [0.29, 0.717) is 6.54 Å². The Hall–Kier alpha value is -2.66. The van der Waals surface area contributed by atoms with Crippen LogP contribution in [0.1, 0.15) is 12.5 Å². The van der Waals surface area contributed by atoms with Gasteiger partial charge in [0.25, 0.3) is 0 Å². The normalized spacial score (nSPS) is 10.8. The van der Waals surface area contributed by atoms with E-state index in [9.17, 15) is 4.79 Å². The summed E-state index contributed by atoms with van der Waals surface area (Å²) in [5.41, 5.74) is 4.72. The second kappa shape index (κ2) is 7.07. The summed E-state index contributed by atoms with van der Waals surface area (Å²) in [4.78, 5) is 14.9. The molecular formula is C18H20N4O. The van der Waals surface area contributed by atoms with E-state index in [4.69, 9.17) is 0 Å². The molecule has 5 heteroatoms. The highest BCUT2D eigenvalue weighted by Crippen LogP contribution is 2.23. The Morgan fingerprint density at radius 2 is 2.09 bits per heavy atom. The zero-order valence-electron chi connectivity index (χ0n) is 13.1. The molecule has 23 heavy (non-hydrogen) atoms. The van der Waals surface area contributed by atoms with Gasteiger partial charge in [-0.3, -0.25) is 4.79 Å². The van der Waals surface area contributed by atoms with Crippen LogP contribution in [0.25, 0.3) is 16.6 Å². The number of hydrogen-bond donors (Lipinski definition) is 2. The van der Waals surface area contributed by atoms with Gasteiger partial charge in [-0.25, -0.2) is 4.98 Å². The average Bonchev–Trinajstić information content (AvgIpc) is 2.99. The van der Waals surface area contributed by atoms with Crippen LogP contribution >= 0.6 is 0 Å². The Kier molecular flexibility index (Phi) is 4.68. The molecule has 0 saturated heterocycles. The van der Waals surface area contributed by atoms with Gasteiger partial charge in [0.05, 0.1) is 6.33 Å². The molecule has 0 radical (unpaired) electrons. The summed E-state index contributed by atoms with van der Waals surface area (Å²) in [5.74, 6) is 0.00376. The van der Waals surface area contributed by atoms with Crippen LogP contribution in [-0.4, -0.2) is 28.4 Å². The first-order valence-electron chi connectivity index (χ1n) is 7.68. The van der Waals surface area contributed by atoms with Crippen LogP contribution in [0.4, 0.5) is 0 Å². The fourth-order valence-electron chi connectivity index (χ4n) is 2.54. The summed E-state index contributed by atoms with van der Waals surface area (Å²) in [6.45, 7) is 3.71. The summed E-state index contributed by atoms with van der Waals surface area (Å²) in [7, 11) is 0. The van der Waals surface area contributed by atoms with E-state index < -0.39 is 0 Å². The number of amides is 1. The van der Waals surface area contributed by atoms with E-state index in [2.05, 4.69) is 52.1 Å². The molecule has 0 fully saturated rings. The van der Waals surface area contributed by atoms with Crippen LogP contribution in [0.5, 0.6) is 0 Å². The third-order valence-corrected chi connectivity index (χ3v) is 3.67. The van der Waals surface area contributed by atoms with E-state index in [0.717, 1.165) is 18.6 Å². The van der Waals surface area contributed by atoms with Crippen molar-refractivity contribution in [1.29, 1.82) is 0 Å². The maximum atomic E-state index is 10.8. The Balaban J connectivity index is 1.66. The smallest absolute Gasteiger partial charge is 0.216 e. The van der Waals surface area contributed by atoms with Crippen LogP contribution in [0, 0.1) is 0 Å². The zero-order chi connectivity index (χ0) is 16.1. The summed E-state index contributed by atoms with van der Waals surface area (Å²) in [6, 6.07) is 12.6. The van der Waals surface area contributed by atoms with Gasteiger partial charge in [0, 0.05) is 50.0 Å². The van der Waals surface area contributed by atoms with Gasteiger partial charge in [-0.1, -0.05) is 18.2 Å². The predicted octanol–water partition coefficient (Wildman–Crippen LogP) is 2.23. The lowest BCUT2D eigenvalue weighted by molar-refractivity contribution is -0.118. The lowest BCUT2D eigenvalue weighted by Gasteiger charge is -2.07. The summed E-state index contributed by atoms with van der Waals surface area (Å²) >= 11 is 0. The molecule has 2 aromatic heterocycles. The maximum absolute atomic E-state index is 10.8. The monoisotopic (exact) mass is 308 g/mol. The number of nitrogens with zero attached hydrogens (tertiary/aromatic N) is 2. The average molecular weight is 308 g/mol. The number of carbonyl (C=O) groups excluding carboxylic acids is 1. The van der Waals surface area contributed by atoms with Crippen molar-refractivity contribution in [3.8, 4) is 11.1 Å². The molecule has 0 spiro atoms. The molecule has 0 bridgehead atoms. The molecule has 3 aromatic rings. The Morgan fingerprint density at radius 3 is 2.91 bits per heavy atom. The van der Waals surface area contributed by atoms with Crippen LogP contribution in [-0.2, 0) is 11.3 Å². The molecule has 118 valence electrons. The van der Waals surface area contributed by atoms with E-state index in [1.165, 1.54) is 23.6 Å². The van der Waals surface area contributed by atoms with Crippen molar-refractivity contribution >= 4 is 11.4 Å². The largest absolute Gasteiger partial charge is 0.355 e. The summed E-state index contributed by atoms with van der Waals surface area (Å²) < 4.78 is 2.02. The van der Waals surface area contributed by atoms with Crippen molar-refractivity contribution in [3.63, 3.8) is 0 Å². The molecule has 0 aliphatic rings. The molecule has 0 atom stereocenters. The zero-order valence-corrected chi connectivity index (χ0v) is 13.1. The molecular weight excluding hydrogens is 288 g/mol. The minimum atomic E-state index is 0.00376. The first kappa shape index (κ1) is 15.2. The van der Waals surface area contributed by atoms with Gasteiger partial charge in [0.2, 0.25) is 5.91 Å². The molecule has 1 amide bonds. The highest BCUT2D eigenvalue weighted by atomic mass is 16.1. The molecule has 0 saturated carbocycles. The quantitative estimate of drug-likeness (QED) is 0.687. The van der Waals surface area contributed by atoms with Crippen LogP contribution in [0.15, 0.2) is 55.1 Å². The second-order valence-corrected chi connectivity index (χ2v) is 5.50. The van der Waals surface area contributed by atoms with Crippen molar-refractivity contribution < 1.29 is 4.79 Å². The molecule has 3 rings (SSSR count). The number of aromatic nitrogens is 2. The van der Waals surface area contributed by atoms with Crippen LogP contribution in [0.3, 0.4) is 0 Å². The molecule has 2 heterocycles. The van der Waals surface area contributed by atoms with Gasteiger partial charge in [0.1, 0.15) is 0 Å². The fraction of sp³-hybridized carbons (Fsp3) is 0.222. The van der Waals surface area contributed by atoms with Gasteiger partial charge in [-0.05, 0) is 29.3 Å². The minimum Gasteiger partial charge on any atom is -0.355 e. The molecule has 0 aliphatic carbocycles. The second-order valence-electron chi connectivity index (χ2n) is 5.50. The highest BCUT2D eigenvalue weighted by molar-refractivity contribution is 5.72. The van der Waals surface area contributed by atoms with Gasteiger partial charge in [-0.15, -0.1) is 0 Å². The van der Waals surface area contributed by atoms with E-state index in [-0.39, 0.29) is 5.91 Å². The number of hydrogen-bond acceptors (Lipinski definition) is 3. The molecule has 0 unspecified atom stereocenters. The standard InChI is InChI=1S/C18H20N4O/c1-14(23)21-8-7-19-11-15-3-2-4-16(9-15)17-10-18-5-6-20-13-22(18)12-17/h2-6,9-10,12-13,19H,7-8,11H2,1H3,(H,21,23). The van der Waals surface area contributed by atoms with Crippen molar-refractivity contribution in [2.75, 3.05) is 13.1 Å². The van der Waals surface area contributed by atoms with Crippen molar-refractivity contribution in [1.82, 2.24) is 20.0 Å². The predicted molar refractivity (Wildman–Crippen MR) is 91.0 cm³/mol. The Morgan fingerprint density at radius 1 is 1.17 bits per heavy atom. The summed E-state index contributed by atoms with van der Waals surface area (Å²) in [5, 5.41) is 6.11. The lowest BCUT2D eigenvalue weighted by Crippen LogP contribution is -2.29. The third-order valence-electron chi connectivity index (χ3n) is 3.67. The lowest BCUT2D eigenvalue weighted by atomic mass is 10.1. The van der Waals surface area contributed by atoms with Crippen LogP contribution < -0.4 is 10.6 Å². The number of carbonyl (C=O) groups is 1. The number of benzene rings is 1. The molecule has 0 aliphatic heterocycles. The number of fused-ring (bicyclic) bond motifs is 1. The Labute approximate surface area is 135 Å².